The number of aromatic nitrogens is 1. The molecule has 2 aromatic rings. The van der Waals surface area contributed by atoms with E-state index in [2.05, 4.69) is 25.6 Å². The first-order valence-electron chi connectivity index (χ1n) is 5.08. The molecule has 1 heterocycles. The quantitative estimate of drug-likeness (QED) is 0.792. The molecule has 0 saturated carbocycles. The summed E-state index contributed by atoms with van der Waals surface area (Å²) in [6, 6.07) is 5.49. The topological polar surface area (TPSA) is 99.3 Å². The number of anilines is 1. The molecule has 0 saturated heterocycles. The second-order valence-electron chi connectivity index (χ2n) is 3.65. The van der Waals surface area contributed by atoms with E-state index in [1.807, 2.05) is 0 Å². The van der Waals surface area contributed by atoms with Crippen LogP contribution in [0.4, 0.5) is 5.69 Å². The number of carboxylic acid groups (broad SMARTS) is 1. The van der Waals surface area contributed by atoms with Crippen molar-refractivity contribution < 1.29 is 18.3 Å². The van der Waals surface area contributed by atoms with Crippen molar-refractivity contribution in [3.63, 3.8) is 0 Å². The highest BCUT2D eigenvalue weighted by Crippen LogP contribution is 2.26. The monoisotopic (exact) mass is 344 g/mol. The number of hydrogen-bond acceptors (Lipinski definition) is 3. The minimum absolute atomic E-state index is 0.00466. The second-order valence-corrected chi connectivity index (χ2v) is 6.19. The van der Waals surface area contributed by atoms with Gasteiger partial charge < -0.3 is 10.1 Å². The third-order valence-electron chi connectivity index (χ3n) is 2.34. The zero-order valence-corrected chi connectivity index (χ0v) is 11.8. The van der Waals surface area contributed by atoms with Gasteiger partial charge in [0.1, 0.15) is 4.90 Å². The molecule has 0 spiro atoms. The number of aromatic amines is 1. The third kappa shape index (κ3) is 2.96. The highest BCUT2D eigenvalue weighted by Gasteiger charge is 2.17. The number of benzene rings is 1. The van der Waals surface area contributed by atoms with Gasteiger partial charge in [0.05, 0.1) is 11.3 Å². The summed E-state index contributed by atoms with van der Waals surface area (Å²) in [6.45, 7) is 0. The fourth-order valence-corrected chi connectivity index (χ4v) is 2.94. The fourth-order valence-electron chi connectivity index (χ4n) is 1.42. The van der Waals surface area contributed by atoms with Gasteiger partial charge in [-0.3, -0.25) is 4.72 Å². The molecule has 0 aliphatic heterocycles. The lowest BCUT2D eigenvalue weighted by molar-refractivity contribution is 0.0697. The summed E-state index contributed by atoms with van der Waals surface area (Å²) in [5.41, 5.74) is 0.163. The molecular formula is C11H9BrN2O4S. The lowest BCUT2D eigenvalue weighted by Crippen LogP contribution is -2.13. The van der Waals surface area contributed by atoms with Gasteiger partial charge in [0.25, 0.3) is 10.0 Å². The summed E-state index contributed by atoms with van der Waals surface area (Å²) < 4.78 is 26.8. The first kappa shape index (κ1) is 13.6. The van der Waals surface area contributed by atoms with Crippen LogP contribution in [0.3, 0.4) is 0 Å². The van der Waals surface area contributed by atoms with E-state index in [-0.39, 0.29) is 16.1 Å². The van der Waals surface area contributed by atoms with E-state index in [9.17, 15) is 13.2 Å². The van der Waals surface area contributed by atoms with Crippen molar-refractivity contribution in [2.75, 3.05) is 4.72 Å². The number of rotatable bonds is 4. The molecule has 1 aromatic carbocycles. The van der Waals surface area contributed by atoms with Crippen LogP contribution in [0.25, 0.3) is 0 Å². The van der Waals surface area contributed by atoms with Gasteiger partial charge >= 0.3 is 5.97 Å². The largest absolute Gasteiger partial charge is 0.478 e. The standard InChI is InChI=1S/C11H9BrN2O4S/c12-9-2-1-7(11(15)16)5-10(9)14-19(17,18)8-3-4-13-6-8/h1-6,13-14H,(H,15,16). The first-order valence-corrected chi connectivity index (χ1v) is 7.36. The molecule has 0 fully saturated rings. The molecule has 19 heavy (non-hydrogen) atoms. The van der Waals surface area contributed by atoms with Crippen molar-refractivity contribution in [3.8, 4) is 0 Å². The van der Waals surface area contributed by atoms with Crippen LogP contribution in [0.2, 0.25) is 0 Å². The normalized spacial score (nSPS) is 11.2. The zero-order valence-electron chi connectivity index (χ0n) is 9.42. The van der Waals surface area contributed by atoms with Crippen LogP contribution in [0.5, 0.6) is 0 Å². The van der Waals surface area contributed by atoms with Crippen LogP contribution < -0.4 is 4.72 Å². The zero-order chi connectivity index (χ0) is 14.0. The van der Waals surface area contributed by atoms with Gasteiger partial charge in [-0.25, -0.2) is 13.2 Å². The van der Waals surface area contributed by atoms with E-state index in [0.717, 1.165) is 0 Å². The number of hydrogen-bond donors (Lipinski definition) is 3. The van der Waals surface area contributed by atoms with E-state index in [1.165, 1.54) is 36.7 Å². The van der Waals surface area contributed by atoms with Gasteiger partial charge in [-0.2, -0.15) is 0 Å². The highest BCUT2D eigenvalue weighted by molar-refractivity contribution is 9.10. The fraction of sp³-hybridized carbons (Fsp3) is 0. The van der Waals surface area contributed by atoms with Crippen molar-refractivity contribution in [1.29, 1.82) is 0 Å². The van der Waals surface area contributed by atoms with Crippen LogP contribution >= 0.6 is 15.9 Å². The molecule has 2 rings (SSSR count). The molecule has 0 unspecified atom stereocenters. The van der Waals surface area contributed by atoms with Crippen molar-refractivity contribution >= 4 is 37.6 Å². The third-order valence-corrected chi connectivity index (χ3v) is 4.39. The van der Waals surface area contributed by atoms with Crippen molar-refractivity contribution in [3.05, 3.63) is 46.7 Å². The Bertz CT molecular complexity index is 710. The second kappa shape index (κ2) is 5.06. The Labute approximate surface area is 117 Å². The number of sulfonamides is 1. The molecule has 3 N–H and O–H groups in total. The van der Waals surface area contributed by atoms with Crippen LogP contribution in [-0.4, -0.2) is 24.5 Å². The lowest BCUT2D eigenvalue weighted by atomic mass is 10.2. The Morgan fingerprint density at radius 2 is 2.05 bits per heavy atom. The van der Waals surface area contributed by atoms with Crippen LogP contribution in [0, 0.1) is 0 Å². The average Bonchev–Trinajstić information content (AvgIpc) is 2.85. The number of carboxylic acids is 1. The van der Waals surface area contributed by atoms with Gasteiger partial charge in [-0.1, -0.05) is 0 Å². The van der Waals surface area contributed by atoms with Gasteiger partial charge in [0, 0.05) is 16.9 Å². The molecule has 0 atom stereocenters. The summed E-state index contributed by atoms with van der Waals surface area (Å²) in [7, 11) is -3.74. The van der Waals surface area contributed by atoms with Gasteiger partial charge in [-0.15, -0.1) is 0 Å². The Balaban J connectivity index is 2.39. The van der Waals surface area contributed by atoms with E-state index in [4.69, 9.17) is 5.11 Å². The predicted octanol–water partition coefficient (Wildman–Crippen LogP) is 2.28. The first-order chi connectivity index (χ1) is 8.90. The van der Waals surface area contributed by atoms with Gasteiger partial charge in [-0.05, 0) is 40.2 Å². The average molecular weight is 345 g/mol. The van der Waals surface area contributed by atoms with E-state index >= 15 is 0 Å². The van der Waals surface area contributed by atoms with Crippen molar-refractivity contribution in [2.45, 2.75) is 4.90 Å². The van der Waals surface area contributed by atoms with Gasteiger partial charge in [0.2, 0.25) is 0 Å². The molecule has 100 valence electrons. The summed E-state index contributed by atoms with van der Waals surface area (Å²) in [4.78, 5) is 13.6. The predicted molar refractivity (Wildman–Crippen MR) is 72.7 cm³/mol. The van der Waals surface area contributed by atoms with E-state index < -0.39 is 16.0 Å². The summed E-state index contributed by atoms with van der Waals surface area (Å²) in [5, 5.41) is 8.88. The summed E-state index contributed by atoms with van der Waals surface area (Å²) >= 11 is 3.17. The Hall–Kier alpha value is -1.80. The molecule has 0 amide bonds. The Kier molecular flexibility index (Phi) is 3.63. The molecule has 1 aromatic heterocycles. The number of nitrogens with one attached hydrogen (secondary N) is 2. The number of carbonyl (C=O) groups is 1. The molecule has 0 aliphatic carbocycles. The number of H-pyrrole nitrogens is 1. The minimum Gasteiger partial charge on any atom is -0.478 e. The maximum Gasteiger partial charge on any atom is 0.335 e. The molecule has 0 radical (unpaired) electrons. The molecule has 0 bridgehead atoms. The summed E-state index contributed by atoms with van der Waals surface area (Å²) in [6.07, 6.45) is 2.81. The van der Waals surface area contributed by atoms with Gasteiger partial charge in [0.15, 0.2) is 0 Å². The summed E-state index contributed by atoms with van der Waals surface area (Å²) in [5.74, 6) is -1.13. The maximum atomic E-state index is 12.0. The van der Waals surface area contributed by atoms with Crippen LogP contribution in [0.15, 0.2) is 46.0 Å². The highest BCUT2D eigenvalue weighted by atomic mass is 79.9. The lowest BCUT2D eigenvalue weighted by Gasteiger charge is -2.09. The van der Waals surface area contributed by atoms with E-state index in [0.29, 0.717) is 4.47 Å². The SMILES string of the molecule is O=C(O)c1ccc(Br)c(NS(=O)(=O)c2cc[nH]c2)c1. The molecule has 0 aliphatic rings. The maximum absolute atomic E-state index is 12.0. The van der Waals surface area contributed by atoms with Crippen LogP contribution in [-0.2, 0) is 10.0 Å². The molecule has 8 heteroatoms. The van der Waals surface area contributed by atoms with Crippen LogP contribution in [0.1, 0.15) is 10.4 Å². The minimum atomic E-state index is -3.74. The Morgan fingerprint density at radius 1 is 1.32 bits per heavy atom. The van der Waals surface area contributed by atoms with E-state index in [1.54, 1.807) is 0 Å². The number of halogens is 1. The molecule has 6 nitrogen and oxygen atoms in total. The van der Waals surface area contributed by atoms with Crippen molar-refractivity contribution in [2.24, 2.45) is 0 Å². The Morgan fingerprint density at radius 3 is 2.63 bits per heavy atom. The van der Waals surface area contributed by atoms with Crippen molar-refractivity contribution in [1.82, 2.24) is 4.98 Å². The number of aromatic carboxylic acids is 1. The molecular weight excluding hydrogens is 336 g/mol. The smallest absolute Gasteiger partial charge is 0.335 e.